The average Bonchev–Trinajstić information content (AvgIpc) is 2.70. The lowest BCUT2D eigenvalue weighted by molar-refractivity contribution is -0.121. The summed E-state index contributed by atoms with van der Waals surface area (Å²) < 4.78 is 0. The normalized spacial score (nSPS) is 14.8. The van der Waals surface area contributed by atoms with Crippen molar-refractivity contribution in [2.45, 2.75) is 32.9 Å². The van der Waals surface area contributed by atoms with Gasteiger partial charge in [-0.15, -0.1) is 11.3 Å². The first kappa shape index (κ1) is 12.2. The highest BCUT2D eigenvalue weighted by Gasteiger charge is 2.20. The van der Waals surface area contributed by atoms with Crippen molar-refractivity contribution >= 4 is 17.2 Å². The summed E-state index contributed by atoms with van der Waals surface area (Å²) in [5.74, 6) is 0.0170. The number of nitrogens with one attached hydrogen (secondary N) is 1. The molecule has 0 saturated carbocycles. The molecule has 15 heavy (non-hydrogen) atoms. The number of hydrogen-bond donors (Lipinski definition) is 2. The number of rotatable bonds is 6. The van der Waals surface area contributed by atoms with E-state index in [9.17, 15) is 4.79 Å². The van der Waals surface area contributed by atoms with Gasteiger partial charge in [-0.2, -0.15) is 0 Å². The fourth-order valence-electron chi connectivity index (χ4n) is 1.44. The molecule has 0 aromatic carbocycles. The molecule has 1 aromatic rings. The predicted octanol–water partition coefficient (Wildman–Crippen LogP) is 1.74. The van der Waals surface area contributed by atoms with Gasteiger partial charge in [0.05, 0.1) is 6.04 Å². The van der Waals surface area contributed by atoms with Gasteiger partial charge < -0.3 is 11.1 Å². The van der Waals surface area contributed by atoms with Gasteiger partial charge in [0.25, 0.3) is 0 Å². The third-order valence-electron chi connectivity index (χ3n) is 2.60. The van der Waals surface area contributed by atoms with Crippen LogP contribution >= 0.6 is 11.3 Å². The molecule has 2 atom stereocenters. The second kappa shape index (κ2) is 5.88. The Kier molecular flexibility index (Phi) is 4.78. The molecule has 0 spiro atoms. The molecule has 4 heteroatoms. The third kappa shape index (κ3) is 3.64. The maximum atomic E-state index is 11.2. The van der Waals surface area contributed by atoms with E-state index in [1.54, 1.807) is 11.3 Å². The van der Waals surface area contributed by atoms with Crippen molar-refractivity contribution in [2.24, 2.45) is 11.7 Å². The van der Waals surface area contributed by atoms with Crippen LogP contribution in [-0.2, 0) is 11.3 Å². The fourth-order valence-corrected chi connectivity index (χ4v) is 2.10. The van der Waals surface area contributed by atoms with Crippen molar-refractivity contribution in [1.29, 1.82) is 0 Å². The summed E-state index contributed by atoms with van der Waals surface area (Å²) in [7, 11) is 0. The molecule has 1 heterocycles. The van der Waals surface area contributed by atoms with Gasteiger partial charge in [-0.3, -0.25) is 4.79 Å². The predicted molar refractivity (Wildman–Crippen MR) is 63.6 cm³/mol. The molecule has 3 nitrogen and oxygen atoms in total. The fraction of sp³-hybridized carbons (Fsp3) is 0.545. The molecule has 0 aliphatic rings. The number of carbonyl (C=O) groups excluding carboxylic acids is 1. The first-order valence-electron chi connectivity index (χ1n) is 5.20. The van der Waals surface area contributed by atoms with Gasteiger partial charge in [-0.05, 0) is 17.4 Å². The largest absolute Gasteiger partial charge is 0.368 e. The summed E-state index contributed by atoms with van der Waals surface area (Å²) in [6.07, 6.45) is 0.949. The van der Waals surface area contributed by atoms with Crippen LogP contribution in [0.5, 0.6) is 0 Å². The summed E-state index contributed by atoms with van der Waals surface area (Å²) >= 11 is 1.68. The number of nitrogens with two attached hydrogens (primary N) is 1. The first-order chi connectivity index (χ1) is 7.15. The number of amides is 1. The lowest BCUT2D eigenvalue weighted by Gasteiger charge is -2.20. The Balaban J connectivity index is 2.48. The SMILES string of the molecule is CCC(C)C(NCc1cccs1)C(N)=O. The van der Waals surface area contributed by atoms with Crippen molar-refractivity contribution in [3.05, 3.63) is 22.4 Å². The molecule has 2 unspecified atom stereocenters. The highest BCUT2D eigenvalue weighted by atomic mass is 32.1. The maximum Gasteiger partial charge on any atom is 0.234 e. The van der Waals surface area contributed by atoms with Crippen LogP contribution in [0.2, 0.25) is 0 Å². The lowest BCUT2D eigenvalue weighted by atomic mass is 9.99. The number of carbonyl (C=O) groups is 1. The minimum Gasteiger partial charge on any atom is -0.368 e. The summed E-state index contributed by atoms with van der Waals surface area (Å²) in [6.45, 7) is 4.82. The quantitative estimate of drug-likeness (QED) is 0.776. The zero-order valence-corrected chi connectivity index (χ0v) is 10.0. The van der Waals surface area contributed by atoms with E-state index in [1.807, 2.05) is 24.4 Å². The second-order valence-electron chi connectivity index (χ2n) is 3.73. The van der Waals surface area contributed by atoms with Crippen molar-refractivity contribution < 1.29 is 4.79 Å². The van der Waals surface area contributed by atoms with Gasteiger partial charge in [-0.1, -0.05) is 26.3 Å². The molecule has 1 rings (SSSR count). The monoisotopic (exact) mass is 226 g/mol. The summed E-state index contributed by atoms with van der Waals surface area (Å²) in [4.78, 5) is 12.4. The molecule has 0 aliphatic heterocycles. The van der Waals surface area contributed by atoms with E-state index in [1.165, 1.54) is 4.88 Å². The minimum atomic E-state index is -0.263. The van der Waals surface area contributed by atoms with Gasteiger partial charge in [0.2, 0.25) is 5.91 Å². The van der Waals surface area contributed by atoms with Crippen molar-refractivity contribution in [3.63, 3.8) is 0 Å². The number of hydrogen-bond acceptors (Lipinski definition) is 3. The second-order valence-corrected chi connectivity index (χ2v) is 4.76. The summed E-state index contributed by atoms with van der Waals surface area (Å²) in [6, 6.07) is 3.83. The zero-order valence-electron chi connectivity index (χ0n) is 9.19. The Hall–Kier alpha value is -0.870. The highest BCUT2D eigenvalue weighted by Crippen LogP contribution is 2.11. The van der Waals surface area contributed by atoms with Crippen molar-refractivity contribution in [3.8, 4) is 0 Å². The van der Waals surface area contributed by atoms with Crippen molar-refractivity contribution in [1.82, 2.24) is 5.32 Å². The Morgan fingerprint density at radius 1 is 1.67 bits per heavy atom. The Bertz CT molecular complexity index is 298. The Morgan fingerprint density at radius 2 is 2.40 bits per heavy atom. The summed E-state index contributed by atoms with van der Waals surface area (Å²) in [5, 5.41) is 5.24. The van der Waals surface area contributed by atoms with Gasteiger partial charge in [0.15, 0.2) is 0 Å². The molecule has 1 aromatic heterocycles. The zero-order chi connectivity index (χ0) is 11.3. The van der Waals surface area contributed by atoms with E-state index >= 15 is 0 Å². The lowest BCUT2D eigenvalue weighted by Crippen LogP contribution is -2.45. The molecular weight excluding hydrogens is 208 g/mol. The van der Waals surface area contributed by atoms with E-state index in [2.05, 4.69) is 12.2 Å². The van der Waals surface area contributed by atoms with E-state index in [0.29, 0.717) is 0 Å². The third-order valence-corrected chi connectivity index (χ3v) is 3.47. The Morgan fingerprint density at radius 3 is 2.87 bits per heavy atom. The average molecular weight is 226 g/mol. The molecule has 84 valence electrons. The highest BCUT2D eigenvalue weighted by molar-refractivity contribution is 7.09. The van der Waals surface area contributed by atoms with Crippen LogP contribution in [-0.4, -0.2) is 11.9 Å². The molecule has 0 bridgehead atoms. The van der Waals surface area contributed by atoms with Gasteiger partial charge in [-0.25, -0.2) is 0 Å². The van der Waals surface area contributed by atoms with Gasteiger partial charge in [0.1, 0.15) is 0 Å². The van der Waals surface area contributed by atoms with E-state index in [0.717, 1.165) is 13.0 Å². The van der Waals surface area contributed by atoms with Crippen LogP contribution in [0.3, 0.4) is 0 Å². The van der Waals surface area contributed by atoms with E-state index in [4.69, 9.17) is 5.73 Å². The number of primary amides is 1. The molecular formula is C11H18N2OS. The smallest absolute Gasteiger partial charge is 0.234 e. The molecule has 0 aliphatic carbocycles. The van der Waals surface area contributed by atoms with Crippen LogP contribution in [0.1, 0.15) is 25.1 Å². The van der Waals surface area contributed by atoms with Crippen LogP contribution in [0.4, 0.5) is 0 Å². The molecule has 0 saturated heterocycles. The first-order valence-corrected chi connectivity index (χ1v) is 6.08. The molecule has 1 amide bonds. The van der Waals surface area contributed by atoms with Gasteiger partial charge >= 0.3 is 0 Å². The van der Waals surface area contributed by atoms with Crippen LogP contribution < -0.4 is 11.1 Å². The standard InChI is InChI=1S/C11H18N2OS/c1-3-8(2)10(11(12)14)13-7-9-5-4-6-15-9/h4-6,8,10,13H,3,7H2,1-2H3,(H2,12,14). The van der Waals surface area contributed by atoms with Crippen LogP contribution in [0, 0.1) is 5.92 Å². The van der Waals surface area contributed by atoms with E-state index < -0.39 is 0 Å². The Labute approximate surface area is 94.7 Å². The summed E-state index contributed by atoms with van der Waals surface area (Å²) in [5.41, 5.74) is 5.35. The van der Waals surface area contributed by atoms with Crippen LogP contribution in [0.15, 0.2) is 17.5 Å². The van der Waals surface area contributed by atoms with Crippen LogP contribution in [0.25, 0.3) is 0 Å². The molecule has 0 radical (unpaired) electrons. The molecule has 0 fully saturated rings. The molecule has 3 N–H and O–H groups in total. The number of thiophene rings is 1. The topological polar surface area (TPSA) is 55.1 Å². The van der Waals surface area contributed by atoms with E-state index in [-0.39, 0.29) is 17.9 Å². The minimum absolute atomic E-state index is 0.225. The maximum absolute atomic E-state index is 11.2. The van der Waals surface area contributed by atoms with Gasteiger partial charge in [0, 0.05) is 11.4 Å². The van der Waals surface area contributed by atoms with Crippen molar-refractivity contribution in [2.75, 3.05) is 0 Å².